The van der Waals surface area contributed by atoms with E-state index in [-0.39, 0.29) is 19.0 Å². The summed E-state index contributed by atoms with van der Waals surface area (Å²) in [6.07, 6.45) is 1.93. The van der Waals surface area contributed by atoms with E-state index in [2.05, 4.69) is 6.92 Å². The topological polar surface area (TPSA) is 43.7 Å². The Hall–Kier alpha value is -1.13. The van der Waals surface area contributed by atoms with Crippen LogP contribution < -0.4 is 4.90 Å². The van der Waals surface area contributed by atoms with Gasteiger partial charge in [-0.15, -0.1) is 0 Å². The van der Waals surface area contributed by atoms with Gasteiger partial charge >= 0.3 is 0 Å². The number of hydrogen-bond acceptors (Lipinski definition) is 3. The summed E-state index contributed by atoms with van der Waals surface area (Å²) in [4.78, 5) is 1.80. The van der Waals surface area contributed by atoms with Crippen molar-refractivity contribution in [3.8, 4) is 0 Å². The van der Waals surface area contributed by atoms with Crippen LogP contribution in [0.3, 0.4) is 0 Å². The first-order chi connectivity index (χ1) is 8.24. The summed E-state index contributed by atoms with van der Waals surface area (Å²) >= 11 is 0. The van der Waals surface area contributed by atoms with Crippen molar-refractivity contribution in [2.24, 2.45) is 0 Å². The Morgan fingerprint density at radius 1 is 1.24 bits per heavy atom. The molecule has 96 valence electrons. The Labute approximate surface area is 101 Å². The van der Waals surface area contributed by atoms with Crippen molar-refractivity contribution in [2.75, 3.05) is 24.6 Å². The molecule has 4 heteroatoms. The lowest BCUT2D eigenvalue weighted by atomic mass is 10.1. The molecule has 0 saturated heterocycles. The summed E-state index contributed by atoms with van der Waals surface area (Å²) in [5.41, 5.74) is 0.979. The van der Waals surface area contributed by atoms with Crippen LogP contribution in [0.1, 0.15) is 25.3 Å². The number of halogens is 1. The molecule has 1 aromatic rings. The van der Waals surface area contributed by atoms with Gasteiger partial charge in [-0.25, -0.2) is 4.39 Å². The van der Waals surface area contributed by atoms with Crippen molar-refractivity contribution in [3.05, 3.63) is 29.6 Å². The van der Waals surface area contributed by atoms with E-state index in [1.165, 1.54) is 6.07 Å². The van der Waals surface area contributed by atoms with E-state index in [1.54, 1.807) is 17.0 Å². The lowest BCUT2D eigenvalue weighted by Gasteiger charge is -2.26. The first-order valence-corrected chi connectivity index (χ1v) is 5.98. The molecular weight excluding hydrogens is 221 g/mol. The summed E-state index contributed by atoms with van der Waals surface area (Å²) in [5.74, 6) is -0.346. The van der Waals surface area contributed by atoms with Crippen LogP contribution in [0.15, 0.2) is 18.2 Å². The Kier molecular flexibility index (Phi) is 5.94. The molecule has 0 aliphatic heterocycles. The normalized spacial score (nSPS) is 10.6. The zero-order valence-electron chi connectivity index (χ0n) is 10.2. The fourth-order valence-electron chi connectivity index (χ4n) is 1.85. The zero-order chi connectivity index (χ0) is 12.7. The van der Waals surface area contributed by atoms with Gasteiger partial charge in [0.15, 0.2) is 0 Å². The number of nitrogens with zero attached hydrogens (tertiary/aromatic N) is 1. The highest BCUT2D eigenvalue weighted by atomic mass is 19.1. The van der Waals surface area contributed by atoms with Crippen molar-refractivity contribution in [1.82, 2.24) is 0 Å². The third kappa shape index (κ3) is 3.68. The summed E-state index contributed by atoms with van der Waals surface area (Å²) in [5, 5.41) is 18.3. The molecule has 0 heterocycles. The third-order valence-electron chi connectivity index (χ3n) is 2.71. The quantitative estimate of drug-likeness (QED) is 0.766. The van der Waals surface area contributed by atoms with Crippen molar-refractivity contribution >= 4 is 5.69 Å². The van der Waals surface area contributed by atoms with Crippen molar-refractivity contribution in [1.29, 1.82) is 0 Å². The van der Waals surface area contributed by atoms with Gasteiger partial charge in [0.2, 0.25) is 0 Å². The highest BCUT2D eigenvalue weighted by molar-refractivity contribution is 5.54. The van der Waals surface area contributed by atoms with E-state index in [0.29, 0.717) is 24.3 Å². The van der Waals surface area contributed by atoms with Crippen LogP contribution >= 0.6 is 0 Å². The highest BCUT2D eigenvalue weighted by Crippen LogP contribution is 2.24. The summed E-state index contributed by atoms with van der Waals surface area (Å²) < 4.78 is 13.8. The van der Waals surface area contributed by atoms with Crippen LogP contribution in [-0.2, 0) is 6.61 Å². The van der Waals surface area contributed by atoms with E-state index >= 15 is 0 Å². The Morgan fingerprint density at radius 3 is 2.59 bits per heavy atom. The maximum Gasteiger partial charge on any atom is 0.146 e. The molecule has 1 rings (SSSR count). The average molecular weight is 241 g/mol. The second-order valence-corrected chi connectivity index (χ2v) is 3.97. The average Bonchev–Trinajstić information content (AvgIpc) is 2.34. The molecule has 0 aliphatic carbocycles. The Bertz CT molecular complexity index is 344. The molecule has 3 nitrogen and oxygen atoms in total. The largest absolute Gasteiger partial charge is 0.395 e. The van der Waals surface area contributed by atoms with Gasteiger partial charge in [-0.05, 0) is 12.5 Å². The molecule has 2 N–H and O–H groups in total. The molecule has 0 aromatic heterocycles. The number of hydrogen-bond donors (Lipinski definition) is 2. The van der Waals surface area contributed by atoms with Crippen LogP contribution in [0.4, 0.5) is 10.1 Å². The molecule has 0 spiro atoms. The molecule has 1 aromatic carbocycles. The van der Waals surface area contributed by atoms with E-state index in [9.17, 15) is 9.50 Å². The van der Waals surface area contributed by atoms with Gasteiger partial charge in [0, 0.05) is 18.7 Å². The predicted octanol–water partition coefficient (Wildman–Crippen LogP) is 1.92. The minimum Gasteiger partial charge on any atom is -0.395 e. The molecule has 0 unspecified atom stereocenters. The number of benzene rings is 1. The van der Waals surface area contributed by atoms with Gasteiger partial charge in [-0.3, -0.25) is 0 Å². The zero-order valence-corrected chi connectivity index (χ0v) is 10.2. The first kappa shape index (κ1) is 13.9. The number of anilines is 1. The lowest BCUT2D eigenvalue weighted by molar-refractivity contribution is 0.280. The number of unbranched alkanes of at least 4 members (excludes halogenated alkanes) is 1. The molecule has 0 aliphatic rings. The van der Waals surface area contributed by atoms with E-state index < -0.39 is 0 Å². The highest BCUT2D eigenvalue weighted by Gasteiger charge is 2.14. The molecule has 0 bridgehead atoms. The molecule has 0 fully saturated rings. The molecule has 0 amide bonds. The summed E-state index contributed by atoms with van der Waals surface area (Å²) in [6.45, 7) is 2.91. The molecule has 0 saturated carbocycles. The van der Waals surface area contributed by atoms with Crippen LogP contribution in [-0.4, -0.2) is 29.9 Å². The van der Waals surface area contributed by atoms with Gasteiger partial charge in [-0.2, -0.15) is 0 Å². The number of aliphatic hydroxyl groups excluding tert-OH is 2. The van der Waals surface area contributed by atoms with Gasteiger partial charge in [-0.1, -0.05) is 25.5 Å². The second kappa shape index (κ2) is 7.25. The smallest absolute Gasteiger partial charge is 0.146 e. The molecule has 17 heavy (non-hydrogen) atoms. The fourth-order valence-corrected chi connectivity index (χ4v) is 1.85. The summed E-state index contributed by atoms with van der Waals surface area (Å²) in [7, 11) is 0. The standard InChI is InChI=1S/C13H20FNO2/c1-2-3-7-15(8-9-16)13-11(10-17)5-4-6-12(13)14/h4-6,16-17H,2-3,7-10H2,1H3. The SMILES string of the molecule is CCCCN(CCO)c1c(F)cccc1CO. The van der Waals surface area contributed by atoms with E-state index in [1.807, 2.05) is 0 Å². The second-order valence-electron chi connectivity index (χ2n) is 3.97. The van der Waals surface area contributed by atoms with Gasteiger partial charge in [0.25, 0.3) is 0 Å². The van der Waals surface area contributed by atoms with Crippen LogP contribution in [0.2, 0.25) is 0 Å². The first-order valence-electron chi connectivity index (χ1n) is 5.98. The Balaban J connectivity index is 2.98. The third-order valence-corrected chi connectivity index (χ3v) is 2.71. The monoisotopic (exact) mass is 241 g/mol. The minimum atomic E-state index is -0.346. The number of aliphatic hydroxyl groups is 2. The number of para-hydroxylation sites is 1. The van der Waals surface area contributed by atoms with E-state index in [4.69, 9.17) is 5.11 Å². The van der Waals surface area contributed by atoms with Gasteiger partial charge in [0.05, 0.1) is 18.9 Å². The molecular formula is C13H20FNO2. The molecule has 0 radical (unpaired) electrons. The van der Waals surface area contributed by atoms with Crippen LogP contribution in [0.5, 0.6) is 0 Å². The predicted molar refractivity (Wildman–Crippen MR) is 66.5 cm³/mol. The maximum atomic E-state index is 13.8. The molecule has 0 atom stereocenters. The van der Waals surface area contributed by atoms with Gasteiger partial charge in [0.1, 0.15) is 5.82 Å². The van der Waals surface area contributed by atoms with Crippen LogP contribution in [0, 0.1) is 5.82 Å². The Morgan fingerprint density at radius 2 is 2.00 bits per heavy atom. The van der Waals surface area contributed by atoms with E-state index in [0.717, 1.165) is 12.8 Å². The number of rotatable bonds is 7. The van der Waals surface area contributed by atoms with Gasteiger partial charge < -0.3 is 15.1 Å². The van der Waals surface area contributed by atoms with Crippen molar-refractivity contribution < 1.29 is 14.6 Å². The van der Waals surface area contributed by atoms with Crippen LogP contribution in [0.25, 0.3) is 0 Å². The fraction of sp³-hybridized carbons (Fsp3) is 0.538. The minimum absolute atomic E-state index is 0.0249. The van der Waals surface area contributed by atoms with Crippen molar-refractivity contribution in [2.45, 2.75) is 26.4 Å². The summed E-state index contributed by atoms with van der Waals surface area (Å²) in [6, 6.07) is 4.67. The lowest BCUT2D eigenvalue weighted by Crippen LogP contribution is -2.29. The maximum absolute atomic E-state index is 13.8. The van der Waals surface area contributed by atoms with Crippen molar-refractivity contribution in [3.63, 3.8) is 0 Å².